The molecule has 0 radical (unpaired) electrons. The normalized spacial score (nSPS) is 22.3. The second kappa shape index (κ2) is 9.63. The van der Waals surface area contributed by atoms with Gasteiger partial charge in [0.15, 0.2) is 17.3 Å². The highest BCUT2D eigenvalue weighted by Crippen LogP contribution is 2.49. The van der Waals surface area contributed by atoms with Crippen LogP contribution in [-0.4, -0.2) is 49.5 Å². The second-order valence-corrected chi connectivity index (χ2v) is 9.34. The SMILES string of the molecule is CCOCCOC(=O)C1C(C)=NC2=C(C(=O)CC(C)(C)C2)[C@H]1c1cc(Cl)c(O)c(OC)c1. The summed E-state index contributed by atoms with van der Waals surface area (Å²) in [6.07, 6.45) is 0.975. The van der Waals surface area contributed by atoms with Crippen LogP contribution in [0.3, 0.4) is 0 Å². The monoisotopic (exact) mass is 463 g/mol. The highest BCUT2D eigenvalue weighted by molar-refractivity contribution is 6.32. The number of aliphatic imine (C=N–C) groups is 1. The van der Waals surface area contributed by atoms with E-state index in [0.29, 0.717) is 42.0 Å². The smallest absolute Gasteiger partial charge is 0.315 e. The fourth-order valence-corrected chi connectivity index (χ4v) is 4.69. The minimum Gasteiger partial charge on any atom is -0.503 e. The van der Waals surface area contributed by atoms with Crippen LogP contribution in [0, 0.1) is 11.3 Å². The van der Waals surface area contributed by atoms with Gasteiger partial charge in [-0.05, 0) is 43.4 Å². The molecule has 3 rings (SSSR count). The Kier molecular flexibility index (Phi) is 7.30. The Labute approximate surface area is 193 Å². The predicted octanol–water partition coefficient (Wildman–Crippen LogP) is 4.45. The number of methoxy groups -OCH3 is 1. The van der Waals surface area contributed by atoms with Gasteiger partial charge in [-0.25, -0.2) is 0 Å². The van der Waals surface area contributed by atoms with E-state index in [9.17, 15) is 14.7 Å². The largest absolute Gasteiger partial charge is 0.503 e. The first-order valence-corrected chi connectivity index (χ1v) is 11.1. The number of phenolic OH excluding ortho intramolecular Hbond substituents is 1. The number of phenols is 1. The van der Waals surface area contributed by atoms with Crippen LogP contribution in [0.15, 0.2) is 28.4 Å². The van der Waals surface area contributed by atoms with Crippen molar-refractivity contribution in [3.8, 4) is 11.5 Å². The standard InChI is InChI=1S/C24H30ClNO6/c1-6-31-7-8-32-23(29)19-13(2)26-16-11-24(3,4)12-17(27)21(16)20(19)14-9-15(25)22(28)18(10-14)30-5/h9-10,19-20,28H,6-8,11-12H2,1-5H3/t19?,20-/m0/s1. The Morgan fingerprint density at radius 3 is 2.66 bits per heavy atom. The average molecular weight is 464 g/mol. The van der Waals surface area contributed by atoms with Crippen molar-refractivity contribution in [3.05, 3.63) is 34.0 Å². The van der Waals surface area contributed by atoms with Gasteiger partial charge >= 0.3 is 5.97 Å². The van der Waals surface area contributed by atoms with Crippen molar-refractivity contribution in [2.45, 2.75) is 46.5 Å². The first-order valence-electron chi connectivity index (χ1n) is 10.7. The zero-order chi connectivity index (χ0) is 23.6. The van der Waals surface area contributed by atoms with Gasteiger partial charge in [0.1, 0.15) is 12.5 Å². The third kappa shape index (κ3) is 4.84. The number of Topliss-reactive ketones (excluding diaryl/α,β-unsaturated/α-hetero) is 1. The van der Waals surface area contributed by atoms with Crippen LogP contribution in [0.4, 0.5) is 0 Å². The van der Waals surface area contributed by atoms with Crippen LogP contribution in [0.25, 0.3) is 0 Å². The number of ketones is 1. The van der Waals surface area contributed by atoms with E-state index in [-0.39, 0.29) is 40.9 Å². The Hall–Kier alpha value is -2.38. The number of rotatable bonds is 7. The van der Waals surface area contributed by atoms with Gasteiger partial charge in [-0.1, -0.05) is 25.4 Å². The molecule has 2 atom stereocenters. The van der Waals surface area contributed by atoms with E-state index in [2.05, 4.69) is 4.99 Å². The maximum Gasteiger partial charge on any atom is 0.315 e. The molecule has 0 aromatic heterocycles. The Morgan fingerprint density at radius 1 is 1.28 bits per heavy atom. The molecule has 1 N–H and O–H groups in total. The van der Waals surface area contributed by atoms with Crippen molar-refractivity contribution >= 4 is 29.1 Å². The van der Waals surface area contributed by atoms with Gasteiger partial charge in [0, 0.05) is 35.9 Å². The topological polar surface area (TPSA) is 94.4 Å². The van der Waals surface area contributed by atoms with Crippen LogP contribution in [0.1, 0.15) is 52.0 Å². The highest BCUT2D eigenvalue weighted by atomic mass is 35.5. The number of benzene rings is 1. The minimum atomic E-state index is -0.800. The van der Waals surface area contributed by atoms with Crippen LogP contribution in [0.5, 0.6) is 11.5 Å². The number of esters is 1. The molecule has 0 amide bonds. The highest BCUT2D eigenvalue weighted by Gasteiger charge is 2.46. The molecule has 32 heavy (non-hydrogen) atoms. The molecule has 174 valence electrons. The van der Waals surface area contributed by atoms with Gasteiger partial charge in [0.25, 0.3) is 0 Å². The Morgan fingerprint density at radius 2 is 2.00 bits per heavy atom. The Balaban J connectivity index is 2.11. The summed E-state index contributed by atoms with van der Waals surface area (Å²) in [6.45, 7) is 8.62. The number of allylic oxidation sites excluding steroid dienone is 2. The molecular formula is C24H30ClNO6. The molecule has 1 aromatic rings. The van der Waals surface area contributed by atoms with Crippen LogP contribution in [0.2, 0.25) is 5.02 Å². The maximum absolute atomic E-state index is 13.3. The number of carbonyl (C=O) groups excluding carboxylic acids is 2. The minimum absolute atomic E-state index is 0.0484. The lowest BCUT2D eigenvalue weighted by Gasteiger charge is -2.39. The molecule has 2 aliphatic rings. The zero-order valence-electron chi connectivity index (χ0n) is 19.2. The molecule has 0 saturated carbocycles. The van der Waals surface area contributed by atoms with Gasteiger partial charge in [0.05, 0.1) is 18.7 Å². The number of aromatic hydroxyl groups is 1. The van der Waals surface area contributed by atoms with Gasteiger partial charge < -0.3 is 19.3 Å². The van der Waals surface area contributed by atoms with E-state index < -0.39 is 17.8 Å². The van der Waals surface area contributed by atoms with E-state index in [0.717, 1.165) is 0 Å². The molecular weight excluding hydrogens is 434 g/mol. The molecule has 0 fully saturated rings. The molecule has 1 aliphatic carbocycles. The molecule has 1 aromatic carbocycles. The van der Waals surface area contributed by atoms with Crippen molar-refractivity contribution in [1.29, 1.82) is 0 Å². The molecule has 1 heterocycles. The summed E-state index contributed by atoms with van der Waals surface area (Å²) in [7, 11) is 1.42. The van der Waals surface area contributed by atoms with Gasteiger partial charge in [-0.15, -0.1) is 0 Å². The first kappa shape index (κ1) is 24.3. The number of carbonyl (C=O) groups is 2. The predicted molar refractivity (Wildman–Crippen MR) is 122 cm³/mol. The molecule has 7 nitrogen and oxygen atoms in total. The summed E-state index contributed by atoms with van der Waals surface area (Å²) in [4.78, 5) is 31.1. The second-order valence-electron chi connectivity index (χ2n) is 8.93. The number of hydrogen-bond acceptors (Lipinski definition) is 7. The first-order chi connectivity index (χ1) is 15.1. The van der Waals surface area contributed by atoms with Gasteiger partial charge in [-0.2, -0.15) is 0 Å². The molecule has 8 heteroatoms. The van der Waals surface area contributed by atoms with E-state index in [1.165, 1.54) is 7.11 Å². The van der Waals surface area contributed by atoms with E-state index >= 15 is 0 Å². The third-order valence-electron chi connectivity index (χ3n) is 5.86. The summed E-state index contributed by atoms with van der Waals surface area (Å²) in [5.41, 5.74) is 2.13. The lowest BCUT2D eigenvalue weighted by Crippen LogP contribution is -2.39. The summed E-state index contributed by atoms with van der Waals surface area (Å²) >= 11 is 6.26. The summed E-state index contributed by atoms with van der Waals surface area (Å²) in [5, 5.41) is 10.3. The summed E-state index contributed by atoms with van der Waals surface area (Å²) in [5.74, 6) is -2.00. The lowest BCUT2D eigenvalue weighted by atomic mass is 9.67. The van der Waals surface area contributed by atoms with E-state index in [1.54, 1.807) is 19.1 Å². The number of nitrogens with zero attached hydrogens (tertiary/aromatic N) is 1. The molecule has 0 bridgehead atoms. The van der Waals surface area contributed by atoms with E-state index in [1.807, 2.05) is 20.8 Å². The van der Waals surface area contributed by atoms with Crippen molar-refractivity contribution in [1.82, 2.24) is 0 Å². The fraction of sp³-hybridized carbons (Fsp3) is 0.542. The Bertz CT molecular complexity index is 981. The maximum atomic E-state index is 13.3. The van der Waals surface area contributed by atoms with Crippen molar-refractivity contribution in [2.24, 2.45) is 16.3 Å². The molecule has 0 spiro atoms. The van der Waals surface area contributed by atoms with Crippen molar-refractivity contribution < 1.29 is 28.9 Å². The van der Waals surface area contributed by atoms with Gasteiger partial charge in [-0.3, -0.25) is 14.6 Å². The zero-order valence-corrected chi connectivity index (χ0v) is 19.9. The number of ether oxygens (including phenoxy) is 3. The molecule has 1 aliphatic heterocycles. The fourth-order valence-electron chi connectivity index (χ4n) is 4.47. The van der Waals surface area contributed by atoms with E-state index in [4.69, 9.17) is 25.8 Å². The van der Waals surface area contributed by atoms with Crippen LogP contribution < -0.4 is 4.74 Å². The van der Waals surface area contributed by atoms with Crippen LogP contribution >= 0.6 is 11.6 Å². The van der Waals surface area contributed by atoms with Crippen molar-refractivity contribution in [2.75, 3.05) is 26.9 Å². The average Bonchev–Trinajstić information content (AvgIpc) is 2.71. The lowest BCUT2D eigenvalue weighted by molar-refractivity contribution is -0.148. The summed E-state index contributed by atoms with van der Waals surface area (Å²) < 4.78 is 16.0. The van der Waals surface area contributed by atoms with Crippen LogP contribution in [-0.2, 0) is 19.1 Å². The summed E-state index contributed by atoms with van der Waals surface area (Å²) in [6, 6.07) is 3.18. The number of halogens is 1. The van der Waals surface area contributed by atoms with Crippen molar-refractivity contribution in [3.63, 3.8) is 0 Å². The third-order valence-corrected chi connectivity index (χ3v) is 6.15. The molecule has 0 saturated heterocycles. The quantitative estimate of drug-likeness (QED) is 0.474. The van der Waals surface area contributed by atoms with Gasteiger partial charge in [0.2, 0.25) is 0 Å². The molecule has 1 unspecified atom stereocenters. The number of hydrogen-bond donors (Lipinski definition) is 1.